The number of likely N-dealkylation sites (N-methyl/N-ethyl adjacent to an activating group) is 1. The molecule has 0 saturated heterocycles. The normalized spacial score (nSPS) is 21.0. The fraction of sp³-hybridized carbons (Fsp3) is 0.571. The Labute approximate surface area is 159 Å². The molecule has 1 heterocycles. The molecule has 0 aromatic heterocycles. The first-order valence-electron chi connectivity index (χ1n) is 9.81. The third kappa shape index (κ3) is 4.31. The summed E-state index contributed by atoms with van der Waals surface area (Å²) < 4.78 is 10.6. The minimum atomic E-state index is -1.01. The van der Waals surface area contributed by atoms with E-state index in [4.69, 9.17) is 9.47 Å². The topological polar surface area (TPSA) is 72.9 Å². The molecule has 0 bridgehead atoms. The second kappa shape index (κ2) is 8.55. The third-order valence-corrected chi connectivity index (χ3v) is 5.43. The summed E-state index contributed by atoms with van der Waals surface area (Å²) in [6.07, 6.45) is 3.82. The van der Waals surface area contributed by atoms with Crippen molar-refractivity contribution in [2.75, 3.05) is 6.54 Å². The van der Waals surface area contributed by atoms with Crippen LogP contribution in [-0.2, 0) is 25.5 Å². The number of carbonyl (C=O) groups excluding carboxylic acids is 3. The van der Waals surface area contributed by atoms with Crippen molar-refractivity contribution >= 4 is 17.8 Å². The second-order valence-corrected chi connectivity index (χ2v) is 7.25. The minimum Gasteiger partial charge on any atom is -0.450 e. The SMILES string of the molecule is CCN(C(=O)[C@H](C)OC(=O)[C@H]1Cc2ccccc2C(=O)O1)C1CCCCC1. The van der Waals surface area contributed by atoms with Gasteiger partial charge in [-0.3, -0.25) is 4.79 Å². The van der Waals surface area contributed by atoms with Crippen molar-refractivity contribution in [3.8, 4) is 0 Å². The molecule has 6 heteroatoms. The molecular weight excluding hydrogens is 346 g/mol. The summed E-state index contributed by atoms with van der Waals surface area (Å²) in [7, 11) is 0. The van der Waals surface area contributed by atoms with Gasteiger partial charge in [-0.2, -0.15) is 0 Å². The Morgan fingerprint density at radius 3 is 2.63 bits per heavy atom. The average molecular weight is 373 g/mol. The zero-order chi connectivity index (χ0) is 19.4. The molecule has 1 aromatic rings. The molecule has 0 unspecified atom stereocenters. The largest absolute Gasteiger partial charge is 0.450 e. The van der Waals surface area contributed by atoms with Crippen molar-refractivity contribution in [2.24, 2.45) is 0 Å². The number of rotatable bonds is 5. The van der Waals surface area contributed by atoms with Crippen LogP contribution >= 0.6 is 0 Å². The number of amides is 1. The molecule has 1 saturated carbocycles. The molecule has 3 rings (SSSR count). The number of esters is 2. The van der Waals surface area contributed by atoms with Gasteiger partial charge in [0.25, 0.3) is 5.91 Å². The van der Waals surface area contributed by atoms with E-state index in [0.29, 0.717) is 12.1 Å². The highest BCUT2D eigenvalue weighted by atomic mass is 16.6. The van der Waals surface area contributed by atoms with Crippen molar-refractivity contribution in [1.29, 1.82) is 0 Å². The average Bonchev–Trinajstić information content (AvgIpc) is 2.69. The smallest absolute Gasteiger partial charge is 0.348 e. The summed E-state index contributed by atoms with van der Waals surface area (Å²) in [5.41, 5.74) is 1.23. The Kier molecular flexibility index (Phi) is 6.14. The maximum Gasteiger partial charge on any atom is 0.348 e. The van der Waals surface area contributed by atoms with Crippen LogP contribution in [0.25, 0.3) is 0 Å². The molecule has 27 heavy (non-hydrogen) atoms. The molecule has 1 amide bonds. The summed E-state index contributed by atoms with van der Waals surface area (Å²) in [6.45, 7) is 4.13. The van der Waals surface area contributed by atoms with Gasteiger partial charge in [-0.15, -0.1) is 0 Å². The third-order valence-electron chi connectivity index (χ3n) is 5.43. The van der Waals surface area contributed by atoms with Gasteiger partial charge >= 0.3 is 11.9 Å². The molecule has 1 aromatic carbocycles. The van der Waals surface area contributed by atoms with Gasteiger partial charge in [-0.05, 0) is 38.3 Å². The van der Waals surface area contributed by atoms with E-state index in [1.165, 1.54) is 6.42 Å². The lowest BCUT2D eigenvalue weighted by atomic mass is 9.94. The standard InChI is InChI=1S/C21H27NO5/c1-3-22(16-10-5-4-6-11-16)19(23)14(2)26-21(25)18-13-15-9-7-8-12-17(15)20(24)27-18/h7-9,12,14,16,18H,3-6,10-11,13H2,1-2H3/t14-,18+/m0/s1. The van der Waals surface area contributed by atoms with E-state index in [1.54, 1.807) is 25.1 Å². The second-order valence-electron chi connectivity index (χ2n) is 7.25. The molecule has 146 valence electrons. The quantitative estimate of drug-likeness (QED) is 0.742. The Morgan fingerprint density at radius 2 is 1.93 bits per heavy atom. The number of carbonyl (C=O) groups is 3. The molecule has 1 aliphatic heterocycles. The molecule has 0 spiro atoms. The van der Waals surface area contributed by atoms with Crippen LogP contribution in [0, 0.1) is 0 Å². The summed E-state index contributed by atoms with van der Waals surface area (Å²) in [6, 6.07) is 7.26. The molecule has 0 radical (unpaired) electrons. The molecule has 6 nitrogen and oxygen atoms in total. The van der Waals surface area contributed by atoms with Crippen molar-refractivity contribution < 1.29 is 23.9 Å². The van der Waals surface area contributed by atoms with Crippen LogP contribution in [-0.4, -0.2) is 47.5 Å². The predicted octanol–water partition coefficient (Wildman–Crippen LogP) is 2.88. The Bertz CT molecular complexity index is 710. The van der Waals surface area contributed by atoms with Crippen LogP contribution in [0.15, 0.2) is 24.3 Å². The van der Waals surface area contributed by atoms with Gasteiger partial charge in [0, 0.05) is 19.0 Å². The van der Waals surface area contributed by atoms with E-state index < -0.39 is 24.1 Å². The fourth-order valence-corrected chi connectivity index (χ4v) is 3.98. The lowest BCUT2D eigenvalue weighted by molar-refractivity contribution is -0.167. The highest BCUT2D eigenvalue weighted by molar-refractivity contribution is 5.95. The molecule has 2 aliphatic rings. The van der Waals surface area contributed by atoms with E-state index >= 15 is 0 Å². The van der Waals surface area contributed by atoms with Crippen molar-refractivity contribution in [3.63, 3.8) is 0 Å². The number of ether oxygens (including phenoxy) is 2. The molecule has 2 atom stereocenters. The van der Waals surface area contributed by atoms with Crippen molar-refractivity contribution in [1.82, 2.24) is 4.90 Å². The first kappa shape index (κ1) is 19.4. The summed E-state index contributed by atoms with van der Waals surface area (Å²) >= 11 is 0. The number of benzene rings is 1. The first-order valence-corrected chi connectivity index (χ1v) is 9.81. The maximum atomic E-state index is 12.8. The highest BCUT2D eigenvalue weighted by Gasteiger charge is 2.35. The Balaban J connectivity index is 1.61. The maximum absolute atomic E-state index is 12.8. The van der Waals surface area contributed by atoms with E-state index in [2.05, 4.69) is 0 Å². The zero-order valence-electron chi connectivity index (χ0n) is 16.0. The fourth-order valence-electron chi connectivity index (χ4n) is 3.98. The van der Waals surface area contributed by atoms with Crippen molar-refractivity contribution in [3.05, 3.63) is 35.4 Å². The van der Waals surface area contributed by atoms with Crippen molar-refractivity contribution in [2.45, 2.75) is 70.6 Å². The number of cyclic esters (lactones) is 1. The van der Waals surface area contributed by atoms with Crippen LogP contribution < -0.4 is 0 Å². The minimum absolute atomic E-state index is 0.180. The van der Waals surface area contributed by atoms with E-state index in [1.807, 2.05) is 17.9 Å². The molecule has 1 aliphatic carbocycles. The number of nitrogens with zero attached hydrogens (tertiary/aromatic N) is 1. The number of hydrogen-bond acceptors (Lipinski definition) is 5. The van der Waals surface area contributed by atoms with E-state index in [-0.39, 0.29) is 18.4 Å². The lowest BCUT2D eigenvalue weighted by Crippen LogP contribution is -2.47. The van der Waals surface area contributed by atoms with Gasteiger partial charge < -0.3 is 14.4 Å². The van der Waals surface area contributed by atoms with E-state index in [9.17, 15) is 14.4 Å². The van der Waals surface area contributed by atoms with Crippen LogP contribution in [0.5, 0.6) is 0 Å². The Hall–Kier alpha value is -2.37. The van der Waals surface area contributed by atoms with Crippen LogP contribution in [0.4, 0.5) is 0 Å². The Morgan fingerprint density at radius 1 is 1.22 bits per heavy atom. The summed E-state index contributed by atoms with van der Waals surface area (Å²) in [4.78, 5) is 39.2. The van der Waals surface area contributed by atoms with Crippen LogP contribution in [0.3, 0.4) is 0 Å². The van der Waals surface area contributed by atoms with Gasteiger partial charge in [0.1, 0.15) is 0 Å². The van der Waals surface area contributed by atoms with E-state index in [0.717, 1.165) is 31.2 Å². The molecular formula is C21H27NO5. The number of hydrogen-bond donors (Lipinski definition) is 0. The predicted molar refractivity (Wildman–Crippen MR) is 99.2 cm³/mol. The van der Waals surface area contributed by atoms with Gasteiger partial charge in [-0.25, -0.2) is 9.59 Å². The van der Waals surface area contributed by atoms with Gasteiger partial charge in [-0.1, -0.05) is 37.5 Å². The summed E-state index contributed by atoms with van der Waals surface area (Å²) in [5, 5.41) is 0. The molecule has 1 fully saturated rings. The number of fused-ring (bicyclic) bond motifs is 1. The zero-order valence-corrected chi connectivity index (χ0v) is 16.0. The molecule has 0 N–H and O–H groups in total. The highest BCUT2D eigenvalue weighted by Crippen LogP contribution is 2.24. The van der Waals surface area contributed by atoms with Gasteiger partial charge in [0.05, 0.1) is 5.56 Å². The van der Waals surface area contributed by atoms with Crippen LogP contribution in [0.2, 0.25) is 0 Å². The summed E-state index contributed by atoms with van der Waals surface area (Å²) in [5.74, 6) is -1.38. The van der Waals surface area contributed by atoms with Crippen LogP contribution in [0.1, 0.15) is 61.9 Å². The lowest BCUT2D eigenvalue weighted by Gasteiger charge is -2.35. The monoisotopic (exact) mass is 373 g/mol. The first-order chi connectivity index (χ1) is 13.0. The van der Waals surface area contributed by atoms with Gasteiger partial charge in [0.15, 0.2) is 6.10 Å². The van der Waals surface area contributed by atoms with Gasteiger partial charge in [0.2, 0.25) is 6.10 Å².